The molecule has 1 saturated carbocycles. The van der Waals surface area contributed by atoms with Gasteiger partial charge in [-0.25, -0.2) is 0 Å². The van der Waals surface area contributed by atoms with Gasteiger partial charge in [0, 0.05) is 0 Å². The average molecular weight is 283 g/mol. The third-order valence-corrected chi connectivity index (χ3v) is 5.69. The van der Waals surface area contributed by atoms with Crippen molar-refractivity contribution >= 4 is 19.4 Å². The van der Waals surface area contributed by atoms with Crippen LogP contribution >= 0.6 is 0 Å². The Labute approximate surface area is 104 Å². The van der Waals surface area contributed by atoms with Crippen molar-refractivity contribution in [1.82, 2.24) is 0 Å². The van der Waals surface area contributed by atoms with Crippen molar-refractivity contribution in [3.63, 3.8) is 0 Å². The predicted molar refractivity (Wildman–Crippen MR) is 69.2 cm³/mol. The van der Waals surface area contributed by atoms with Crippen LogP contribution in [0.3, 0.4) is 0 Å². The molecule has 0 heterocycles. The molecule has 1 aliphatic rings. The summed E-state index contributed by atoms with van der Waals surface area (Å²) in [4.78, 5) is 0. The van der Waals surface area contributed by atoms with Crippen LogP contribution in [-0.4, -0.2) is 26.2 Å². The first-order valence-corrected chi connectivity index (χ1v) is 8.29. The maximum absolute atomic E-state index is 10.2. The van der Waals surface area contributed by atoms with Crippen molar-refractivity contribution in [2.75, 3.05) is 0 Å². The first kappa shape index (κ1) is 12.2. The molecule has 0 aliphatic heterocycles. The van der Waals surface area contributed by atoms with Crippen molar-refractivity contribution in [2.45, 2.75) is 43.5 Å². The summed E-state index contributed by atoms with van der Waals surface area (Å²) in [6, 6.07) is 10.6. The van der Waals surface area contributed by atoms with Gasteiger partial charge in [-0.1, -0.05) is 0 Å². The molecule has 88 valence electrons. The van der Waals surface area contributed by atoms with E-state index in [0.717, 1.165) is 5.32 Å². The van der Waals surface area contributed by atoms with E-state index in [-0.39, 0.29) is 6.10 Å². The van der Waals surface area contributed by atoms with Crippen LogP contribution in [-0.2, 0) is 0 Å². The fourth-order valence-corrected chi connectivity index (χ4v) is 4.42. The van der Waals surface area contributed by atoms with Crippen molar-refractivity contribution in [3.05, 3.63) is 30.3 Å². The van der Waals surface area contributed by atoms with E-state index in [2.05, 4.69) is 30.3 Å². The zero-order valence-electron chi connectivity index (χ0n) is 9.64. The number of aliphatic hydroxyl groups is 1. The molecule has 1 fully saturated rings. The Morgan fingerprint density at radius 1 is 1.12 bits per heavy atom. The second kappa shape index (κ2) is 6.44. The van der Waals surface area contributed by atoms with Crippen LogP contribution in [0.2, 0.25) is 5.32 Å². The van der Waals surface area contributed by atoms with E-state index in [1.165, 1.54) is 36.6 Å². The van der Waals surface area contributed by atoms with Crippen LogP contribution < -0.4 is 4.46 Å². The summed E-state index contributed by atoms with van der Waals surface area (Å²) >= 11 is 0.443. The quantitative estimate of drug-likeness (QED) is 0.841. The maximum atomic E-state index is 10.2. The molecule has 1 aromatic rings. The van der Waals surface area contributed by atoms with Gasteiger partial charge in [0.1, 0.15) is 0 Å². The van der Waals surface area contributed by atoms with E-state index >= 15 is 0 Å². The minimum absolute atomic E-state index is 0.0551. The second-order valence-corrected chi connectivity index (χ2v) is 6.88. The van der Waals surface area contributed by atoms with Crippen LogP contribution in [0, 0.1) is 5.92 Å². The van der Waals surface area contributed by atoms with Gasteiger partial charge in [0.25, 0.3) is 0 Å². The molecule has 1 atom stereocenters. The molecule has 0 amide bonds. The molecule has 2 rings (SSSR count). The summed E-state index contributed by atoms with van der Waals surface area (Å²) < 4.78 is 1.41. The standard InChI is InChI=1S/C14H20OSe/c15-14(12-7-3-1-4-8-12)11-16-13-9-5-2-6-10-13/h2,5-6,9-10,12,14-15H,1,3-4,7-8,11H2. The van der Waals surface area contributed by atoms with Crippen molar-refractivity contribution in [1.29, 1.82) is 0 Å². The van der Waals surface area contributed by atoms with Gasteiger partial charge in [-0.05, 0) is 0 Å². The van der Waals surface area contributed by atoms with Gasteiger partial charge >= 0.3 is 104 Å². The monoisotopic (exact) mass is 284 g/mol. The molecule has 1 unspecified atom stereocenters. The zero-order valence-corrected chi connectivity index (χ0v) is 11.4. The van der Waals surface area contributed by atoms with Crippen LogP contribution in [0.5, 0.6) is 0 Å². The summed E-state index contributed by atoms with van der Waals surface area (Å²) in [6.07, 6.45) is 6.44. The number of hydrogen-bond donors (Lipinski definition) is 1. The average Bonchev–Trinajstić information content (AvgIpc) is 2.38. The summed E-state index contributed by atoms with van der Waals surface area (Å²) in [7, 11) is 0. The number of aliphatic hydroxyl groups excluding tert-OH is 1. The topological polar surface area (TPSA) is 20.2 Å². The number of hydrogen-bond acceptors (Lipinski definition) is 1. The molecular weight excluding hydrogens is 263 g/mol. The van der Waals surface area contributed by atoms with E-state index in [1.54, 1.807) is 0 Å². The Kier molecular flexibility index (Phi) is 4.90. The first-order chi connectivity index (χ1) is 7.86. The van der Waals surface area contributed by atoms with Crippen LogP contribution in [0.1, 0.15) is 32.1 Å². The minimum atomic E-state index is -0.0551. The first-order valence-electron chi connectivity index (χ1n) is 6.22. The SMILES string of the molecule is OC(C[Se]c1ccccc1)C1CCCCC1. The van der Waals surface area contributed by atoms with Crippen LogP contribution in [0.25, 0.3) is 0 Å². The molecule has 2 heteroatoms. The molecule has 1 N–H and O–H groups in total. The molecule has 0 aromatic heterocycles. The van der Waals surface area contributed by atoms with Gasteiger partial charge in [0.2, 0.25) is 0 Å². The van der Waals surface area contributed by atoms with Crippen LogP contribution in [0.4, 0.5) is 0 Å². The Balaban J connectivity index is 1.76. The molecular formula is C14H20OSe. The Morgan fingerprint density at radius 2 is 1.81 bits per heavy atom. The van der Waals surface area contributed by atoms with Crippen molar-refractivity contribution in [2.24, 2.45) is 5.92 Å². The van der Waals surface area contributed by atoms with Gasteiger partial charge < -0.3 is 0 Å². The predicted octanol–water partition coefficient (Wildman–Crippen LogP) is 2.38. The van der Waals surface area contributed by atoms with E-state index in [9.17, 15) is 5.11 Å². The second-order valence-electron chi connectivity index (χ2n) is 4.59. The summed E-state index contributed by atoms with van der Waals surface area (Å²) in [6.45, 7) is 0. The van der Waals surface area contributed by atoms with Crippen molar-refractivity contribution in [3.8, 4) is 0 Å². The number of benzene rings is 1. The van der Waals surface area contributed by atoms with Crippen molar-refractivity contribution < 1.29 is 5.11 Å². The van der Waals surface area contributed by atoms with Gasteiger partial charge in [-0.3, -0.25) is 0 Å². The zero-order chi connectivity index (χ0) is 11.2. The summed E-state index contributed by atoms with van der Waals surface area (Å²) in [5, 5.41) is 11.1. The molecule has 1 nitrogen and oxygen atoms in total. The normalized spacial score (nSPS) is 19.6. The molecule has 16 heavy (non-hydrogen) atoms. The molecule has 0 saturated heterocycles. The fourth-order valence-electron chi connectivity index (χ4n) is 2.35. The van der Waals surface area contributed by atoms with Gasteiger partial charge in [-0.15, -0.1) is 0 Å². The molecule has 1 aliphatic carbocycles. The Morgan fingerprint density at radius 3 is 2.50 bits per heavy atom. The molecule has 1 aromatic carbocycles. The molecule has 0 spiro atoms. The van der Waals surface area contributed by atoms with Crippen LogP contribution in [0.15, 0.2) is 30.3 Å². The fraction of sp³-hybridized carbons (Fsp3) is 0.571. The number of rotatable bonds is 4. The van der Waals surface area contributed by atoms with E-state index in [1.807, 2.05) is 0 Å². The van der Waals surface area contributed by atoms with E-state index < -0.39 is 0 Å². The van der Waals surface area contributed by atoms with E-state index in [0.29, 0.717) is 20.9 Å². The third kappa shape index (κ3) is 3.62. The summed E-state index contributed by atoms with van der Waals surface area (Å²) in [5.74, 6) is 0.583. The van der Waals surface area contributed by atoms with Gasteiger partial charge in [0.15, 0.2) is 0 Å². The summed E-state index contributed by atoms with van der Waals surface area (Å²) in [5.41, 5.74) is 0. The third-order valence-electron chi connectivity index (χ3n) is 3.36. The van der Waals surface area contributed by atoms with E-state index in [4.69, 9.17) is 0 Å². The Hall–Kier alpha value is -0.301. The molecule has 0 radical (unpaired) electrons. The Bertz CT molecular complexity index is 293. The van der Waals surface area contributed by atoms with Gasteiger partial charge in [-0.2, -0.15) is 0 Å². The molecule has 0 bridgehead atoms. The van der Waals surface area contributed by atoms with Gasteiger partial charge in [0.05, 0.1) is 0 Å².